The molecule has 0 spiro atoms. The average Bonchev–Trinajstić information content (AvgIpc) is 2.37. The highest BCUT2D eigenvalue weighted by atomic mass is 16.2. The summed E-state index contributed by atoms with van der Waals surface area (Å²) in [5.41, 5.74) is 1.01. The smallest absolute Gasteiger partial charge is 0.284 e. The van der Waals surface area contributed by atoms with Crippen molar-refractivity contribution in [3.05, 3.63) is 48.0 Å². The van der Waals surface area contributed by atoms with Crippen molar-refractivity contribution in [3.8, 4) is 0 Å². The minimum atomic E-state index is -0.592. The van der Waals surface area contributed by atoms with Gasteiger partial charge in [0.25, 0.3) is 5.91 Å². The lowest BCUT2D eigenvalue weighted by molar-refractivity contribution is -0.131. The zero-order chi connectivity index (χ0) is 12.3. The van der Waals surface area contributed by atoms with Crippen molar-refractivity contribution < 1.29 is 9.59 Å². The Morgan fingerprint density at radius 2 is 1.88 bits per heavy atom. The Bertz CT molecular complexity index is 558. The number of hydrogen-bond acceptors (Lipinski definition) is 2. The van der Waals surface area contributed by atoms with Crippen molar-refractivity contribution in [1.29, 1.82) is 0 Å². The Balaban J connectivity index is 2.41. The van der Waals surface area contributed by atoms with Crippen LogP contribution in [-0.2, 0) is 9.59 Å². The Morgan fingerprint density at radius 3 is 2.65 bits per heavy atom. The Labute approximate surface area is 99.4 Å². The second-order valence-corrected chi connectivity index (χ2v) is 3.92. The summed E-state index contributed by atoms with van der Waals surface area (Å²) in [7, 11) is 0. The van der Waals surface area contributed by atoms with Gasteiger partial charge in [0, 0.05) is 0 Å². The standard InChI is InChI=1S/C14H13NO2/c1-10(15-14(17)9-16)12-8-4-6-11-5-2-3-7-13(11)12/h2-10H,1H3,(H,15,17). The highest BCUT2D eigenvalue weighted by Crippen LogP contribution is 2.23. The van der Waals surface area contributed by atoms with Gasteiger partial charge in [-0.3, -0.25) is 9.59 Å². The molecule has 3 nitrogen and oxygen atoms in total. The molecule has 86 valence electrons. The molecular weight excluding hydrogens is 214 g/mol. The van der Waals surface area contributed by atoms with Gasteiger partial charge in [0.15, 0.2) is 0 Å². The van der Waals surface area contributed by atoms with E-state index in [-0.39, 0.29) is 6.04 Å². The molecule has 0 aliphatic carbocycles. The maximum Gasteiger partial charge on any atom is 0.284 e. The summed E-state index contributed by atoms with van der Waals surface area (Å²) in [4.78, 5) is 21.4. The summed E-state index contributed by atoms with van der Waals surface area (Å²) in [6, 6.07) is 13.7. The molecule has 1 unspecified atom stereocenters. The molecule has 1 atom stereocenters. The number of carbonyl (C=O) groups is 2. The molecule has 0 bridgehead atoms. The van der Waals surface area contributed by atoms with Crippen LogP contribution < -0.4 is 5.32 Å². The zero-order valence-corrected chi connectivity index (χ0v) is 9.51. The first-order valence-electron chi connectivity index (χ1n) is 5.45. The SMILES string of the molecule is CC(NC(=O)C=O)c1cccc2ccccc12. The molecule has 0 heterocycles. The number of nitrogens with one attached hydrogen (secondary N) is 1. The van der Waals surface area contributed by atoms with Crippen LogP contribution in [0, 0.1) is 0 Å². The van der Waals surface area contributed by atoms with Crippen LogP contribution in [-0.4, -0.2) is 12.2 Å². The number of rotatable bonds is 3. The Kier molecular flexibility index (Phi) is 3.19. The summed E-state index contributed by atoms with van der Waals surface area (Å²) in [5, 5.41) is 4.84. The van der Waals surface area contributed by atoms with Crippen LogP contribution in [0.4, 0.5) is 0 Å². The quantitative estimate of drug-likeness (QED) is 0.645. The van der Waals surface area contributed by atoms with Crippen LogP contribution in [0.3, 0.4) is 0 Å². The van der Waals surface area contributed by atoms with E-state index in [1.807, 2.05) is 49.4 Å². The Hall–Kier alpha value is -2.16. The van der Waals surface area contributed by atoms with Gasteiger partial charge in [0.05, 0.1) is 6.04 Å². The number of benzene rings is 2. The molecular formula is C14H13NO2. The van der Waals surface area contributed by atoms with E-state index in [1.165, 1.54) is 0 Å². The molecule has 2 aromatic rings. The number of fused-ring (bicyclic) bond motifs is 1. The zero-order valence-electron chi connectivity index (χ0n) is 9.51. The molecule has 1 N–H and O–H groups in total. The fourth-order valence-corrected chi connectivity index (χ4v) is 1.95. The first-order chi connectivity index (χ1) is 8.22. The number of carbonyl (C=O) groups excluding carboxylic acids is 2. The van der Waals surface area contributed by atoms with Crippen molar-refractivity contribution in [2.24, 2.45) is 0 Å². The lowest BCUT2D eigenvalue weighted by Gasteiger charge is -2.14. The van der Waals surface area contributed by atoms with E-state index in [2.05, 4.69) is 5.32 Å². The van der Waals surface area contributed by atoms with E-state index in [1.54, 1.807) is 0 Å². The van der Waals surface area contributed by atoms with Crippen LogP contribution in [0.15, 0.2) is 42.5 Å². The Morgan fingerprint density at radius 1 is 1.18 bits per heavy atom. The fraction of sp³-hybridized carbons (Fsp3) is 0.143. The predicted octanol–water partition coefficient (Wildman–Crippen LogP) is 2.22. The van der Waals surface area contributed by atoms with Crippen LogP contribution in [0.2, 0.25) is 0 Å². The normalized spacial score (nSPS) is 12.1. The maximum atomic E-state index is 11.1. The summed E-state index contributed by atoms with van der Waals surface area (Å²) in [6.45, 7) is 1.86. The second kappa shape index (κ2) is 4.78. The van der Waals surface area contributed by atoms with E-state index in [4.69, 9.17) is 0 Å². The molecule has 2 aromatic carbocycles. The third-order valence-corrected chi connectivity index (χ3v) is 2.76. The van der Waals surface area contributed by atoms with Gasteiger partial charge in [-0.25, -0.2) is 0 Å². The van der Waals surface area contributed by atoms with Gasteiger partial charge in [-0.15, -0.1) is 0 Å². The molecule has 0 saturated heterocycles. The molecule has 0 aliphatic heterocycles. The van der Waals surface area contributed by atoms with Crippen molar-refractivity contribution in [2.75, 3.05) is 0 Å². The highest BCUT2D eigenvalue weighted by Gasteiger charge is 2.10. The molecule has 0 fully saturated rings. The molecule has 1 amide bonds. The van der Waals surface area contributed by atoms with Crippen LogP contribution in [0.1, 0.15) is 18.5 Å². The first kappa shape index (κ1) is 11.3. The summed E-state index contributed by atoms with van der Waals surface area (Å²) < 4.78 is 0. The summed E-state index contributed by atoms with van der Waals surface area (Å²) in [6.07, 6.45) is 0.293. The molecule has 17 heavy (non-hydrogen) atoms. The van der Waals surface area contributed by atoms with E-state index < -0.39 is 5.91 Å². The van der Waals surface area contributed by atoms with Gasteiger partial charge in [-0.05, 0) is 23.3 Å². The van der Waals surface area contributed by atoms with Gasteiger partial charge in [0.2, 0.25) is 6.29 Å². The summed E-state index contributed by atoms with van der Waals surface area (Å²) >= 11 is 0. The number of hydrogen-bond donors (Lipinski definition) is 1. The van der Waals surface area contributed by atoms with Crippen LogP contribution in [0.25, 0.3) is 10.8 Å². The van der Waals surface area contributed by atoms with Crippen molar-refractivity contribution >= 4 is 23.0 Å². The van der Waals surface area contributed by atoms with Crippen molar-refractivity contribution in [1.82, 2.24) is 5.32 Å². The third-order valence-electron chi connectivity index (χ3n) is 2.76. The van der Waals surface area contributed by atoms with Gasteiger partial charge in [-0.2, -0.15) is 0 Å². The molecule has 2 rings (SSSR count). The number of amides is 1. The largest absolute Gasteiger partial charge is 0.343 e. The van der Waals surface area contributed by atoms with E-state index >= 15 is 0 Å². The van der Waals surface area contributed by atoms with Crippen molar-refractivity contribution in [2.45, 2.75) is 13.0 Å². The minimum Gasteiger partial charge on any atom is -0.343 e. The minimum absolute atomic E-state index is 0.182. The molecule has 3 heteroatoms. The molecule has 0 saturated carbocycles. The summed E-state index contributed by atoms with van der Waals surface area (Å²) in [5.74, 6) is -0.592. The number of aldehydes is 1. The average molecular weight is 227 g/mol. The third kappa shape index (κ3) is 2.33. The van der Waals surface area contributed by atoms with E-state index in [0.717, 1.165) is 16.3 Å². The topological polar surface area (TPSA) is 46.2 Å². The van der Waals surface area contributed by atoms with Gasteiger partial charge in [-0.1, -0.05) is 42.5 Å². The fourth-order valence-electron chi connectivity index (χ4n) is 1.95. The van der Waals surface area contributed by atoms with E-state index in [9.17, 15) is 9.59 Å². The first-order valence-corrected chi connectivity index (χ1v) is 5.45. The van der Waals surface area contributed by atoms with Crippen molar-refractivity contribution in [3.63, 3.8) is 0 Å². The van der Waals surface area contributed by atoms with Gasteiger partial charge < -0.3 is 5.32 Å². The highest BCUT2D eigenvalue weighted by molar-refractivity contribution is 6.23. The second-order valence-electron chi connectivity index (χ2n) is 3.92. The predicted molar refractivity (Wildman–Crippen MR) is 66.6 cm³/mol. The molecule has 0 aliphatic rings. The van der Waals surface area contributed by atoms with Gasteiger partial charge >= 0.3 is 0 Å². The van der Waals surface area contributed by atoms with Gasteiger partial charge in [0.1, 0.15) is 0 Å². The molecule has 0 aromatic heterocycles. The van der Waals surface area contributed by atoms with E-state index in [0.29, 0.717) is 6.29 Å². The van der Waals surface area contributed by atoms with Crippen LogP contribution in [0.5, 0.6) is 0 Å². The lowest BCUT2D eigenvalue weighted by atomic mass is 10.00. The maximum absolute atomic E-state index is 11.1. The monoisotopic (exact) mass is 227 g/mol. The molecule has 0 radical (unpaired) electrons. The van der Waals surface area contributed by atoms with Crippen LogP contribution >= 0.6 is 0 Å². The lowest BCUT2D eigenvalue weighted by Crippen LogP contribution is -2.27.